The highest BCUT2D eigenvalue weighted by molar-refractivity contribution is 6.41. The van der Waals surface area contributed by atoms with E-state index in [2.05, 4.69) is 25.9 Å². The number of amides is 3. The number of anilines is 5. The van der Waals surface area contributed by atoms with Crippen LogP contribution in [0.5, 0.6) is 11.5 Å². The number of para-hydroxylation sites is 1. The Bertz CT molecular complexity index is 1260. The predicted molar refractivity (Wildman–Crippen MR) is 142 cm³/mol. The Balaban J connectivity index is 1.86. The third-order valence-corrected chi connectivity index (χ3v) is 5.98. The molecule has 0 unspecified atom stereocenters. The number of benzene rings is 2. The lowest BCUT2D eigenvalue weighted by Gasteiger charge is -2.20. The van der Waals surface area contributed by atoms with Crippen molar-refractivity contribution in [3.8, 4) is 11.5 Å². The first kappa shape index (κ1) is 26.8. The van der Waals surface area contributed by atoms with Gasteiger partial charge in [0, 0.05) is 25.6 Å². The van der Waals surface area contributed by atoms with Gasteiger partial charge in [-0.25, -0.2) is 14.8 Å². The summed E-state index contributed by atoms with van der Waals surface area (Å²) in [5.41, 5.74) is 2.32. The predicted octanol–water partition coefficient (Wildman–Crippen LogP) is 5.87. The maximum absolute atomic E-state index is 13.0. The number of carbonyl (C=O) groups is 2. The van der Waals surface area contributed by atoms with Crippen LogP contribution in [-0.4, -0.2) is 43.2 Å². The molecular weight excluding hydrogens is 507 g/mol. The highest BCUT2D eigenvalue weighted by Crippen LogP contribution is 2.44. The van der Waals surface area contributed by atoms with Gasteiger partial charge >= 0.3 is 6.03 Å². The molecular formula is C24H26Cl2N6O4. The number of aryl methyl sites for hydroxylation is 1. The van der Waals surface area contributed by atoms with E-state index >= 15 is 0 Å². The fourth-order valence-corrected chi connectivity index (χ4v) is 3.79. The Kier molecular flexibility index (Phi) is 8.78. The van der Waals surface area contributed by atoms with Gasteiger partial charge in [0.15, 0.2) is 0 Å². The lowest BCUT2D eigenvalue weighted by atomic mass is 10.1. The topological polar surface area (TPSA) is 118 Å². The molecule has 1 aromatic heterocycles. The minimum Gasteiger partial charge on any atom is -0.495 e. The first-order chi connectivity index (χ1) is 17.2. The summed E-state index contributed by atoms with van der Waals surface area (Å²) in [5.74, 6) is 1.16. The molecule has 0 aliphatic rings. The maximum Gasteiger partial charge on any atom is 0.327 e. The molecule has 0 fully saturated rings. The molecule has 0 spiro atoms. The summed E-state index contributed by atoms with van der Waals surface area (Å²) in [5, 5.41) is 8.99. The van der Waals surface area contributed by atoms with E-state index in [4.69, 9.17) is 32.7 Å². The zero-order valence-corrected chi connectivity index (χ0v) is 21.9. The van der Waals surface area contributed by atoms with Gasteiger partial charge in [0.2, 0.25) is 5.91 Å². The van der Waals surface area contributed by atoms with Crippen molar-refractivity contribution in [2.45, 2.75) is 20.3 Å². The average Bonchev–Trinajstić information content (AvgIpc) is 2.88. The van der Waals surface area contributed by atoms with Crippen molar-refractivity contribution in [1.29, 1.82) is 0 Å². The van der Waals surface area contributed by atoms with Gasteiger partial charge in [0.1, 0.15) is 39.5 Å². The van der Waals surface area contributed by atoms with E-state index in [0.717, 1.165) is 5.56 Å². The number of carbonyl (C=O) groups excluding carboxylic acids is 2. The van der Waals surface area contributed by atoms with Crippen LogP contribution in [0.25, 0.3) is 0 Å². The second kappa shape index (κ2) is 11.8. The minimum absolute atomic E-state index is 0.116. The summed E-state index contributed by atoms with van der Waals surface area (Å²) in [4.78, 5) is 34.7. The molecule has 12 heteroatoms. The molecule has 0 atom stereocenters. The summed E-state index contributed by atoms with van der Waals surface area (Å²) < 4.78 is 10.5. The molecule has 3 aromatic rings. The normalized spacial score (nSPS) is 10.4. The summed E-state index contributed by atoms with van der Waals surface area (Å²) in [6, 6.07) is 8.09. The molecule has 3 N–H and O–H groups in total. The number of rotatable bonds is 8. The van der Waals surface area contributed by atoms with Crippen LogP contribution in [0.2, 0.25) is 10.0 Å². The van der Waals surface area contributed by atoms with Crippen LogP contribution in [0.15, 0.2) is 36.7 Å². The lowest BCUT2D eigenvalue weighted by Crippen LogP contribution is -2.32. The first-order valence-electron chi connectivity index (χ1n) is 10.8. The third-order valence-electron chi connectivity index (χ3n) is 5.23. The lowest BCUT2D eigenvalue weighted by molar-refractivity contribution is -0.115. The van der Waals surface area contributed by atoms with E-state index in [1.807, 2.05) is 19.1 Å². The number of urea groups is 1. The number of hydrogen-bond donors (Lipinski definition) is 3. The minimum atomic E-state index is -0.564. The van der Waals surface area contributed by atoms with Gasteiger partial charge in [-0.05, 0) is 18.6 Å². The van der Waals surface area contributed by atoms with Gasteiger partial charge in [0.05, 0.1) is 31.3 Å². The van der Waals surface area contributed by atoms with Gasteiger partial charge in [0.25, 0.3) is 0 Å². The zero-order valence-electron chi connectivity index (χ0n) is 20.4. The molecule has 0 radical (unpaired) electrons. The molecule has 10 nitrogen and oxygen atoms in total. The molecule has 0 saturated heterocycles. The van der Waals surface area contributed by atoms with E-state index in [1.54, 1.807) is 19.1 Å². The molecule has 190 valence electrons. The molecule has 1 heterocycles. The number of hydrogen-bond acceptors (Lipinski definition) is 7. The Morgan fingerprint density at radius 2 is 1.67 bits per heavy atom. The van der Waals surface area contributed by atoms with Gasteiger partial charge in [-0.15, -0.1) is 0 Å². The van der Waals surface area contributed by atoms with E-state index < -0.39 is 6.03 Å². The summed E-state index contributed by atoms with van der Waals surface area (Å²) in [6.45, 7) is 3.68. The van der Waals surface area contributed by atoms with Gasteiger partial charge in [-0.1, -0.05) is 42.3 Å². The number of aromatic nitrogens is 2. The van der Waals surface area contributed by atoms with Crippen LogP contribution in [0.1, 0.15) is 18.9 Å². The SMILES string of the molecule is CCC(=O)Nc1cccc(C)c1Nc1cc(N(C)C(=O)Nc2c(Cl)c(OC)cc(OC)c2Cl)ncn1. The second-order valence-corrected chi connectivity index (χ2v) is 8.31. The Morgan fingerprint density at radius 1 is 1.00 bits per heavy atom. The number of halogens is 2. The fraction of sp³-hybridized carbons (Fsp3) is 0.250. The van der Waals surface area contributed by atoms with Gasteiger partial charge < -0.3 is 25.4 Å². The van der Waals surface area contributed by atoms with Crippen LogP contribution in [0.3, 0.4) is 0 Å². The number of ether oxygens (including phenoxy) is 2. The molecule has 3 amide bonds. The first-order valence-corrected chi connectivity index (χ1v) is 11.6. The summed E-state index contributed by atoms with van der Waals surface area (Å²) in [7, 11) is 4.41. The smallest absolute Gasteiger partial charge is 0.327 e. The van der Waals surface area contributed by atoms with Crippen LogP contribution >= 0.6 is 23.2 Å². The van der Waals surface area contributed by atoms with Crippen LogP contribution in [0, 0.1) is 6.92 Å². The second-order valence-electron chi connectivity index (χ2n) is 7.56. The maximum atomic E-state index is 13.0. The van der Waals surface area contributed by atoms with Crippen molar-refractivity contribution in [1.82, 2.24) is 9.97 Å². The Morgan fingerprint density at radius 3 is 2.28 bits per heavy atom. The van der Waals surface area contributed by atoms with Crippen molar-refractivity contribution < 1.29 is 19.1 Å². The fourth-order valence-electron chi connectivity index (χ4n) is 3.19. The standard InChI is InChI=1S/C24H26Cl2N6O4/c1-6-19(33)29-14-9-7-8-13(2)22(14)30-17-11-18(28-12-27-17)32(3)24(34)31-23-20(25)15(35-4)10-16(36-5)21(23)26/h7-12H,6H2,1-5H3,(H,29,33)(H,31,34)(H,27,28,30). The monoisotopic (exact) mass is 532 g/mol. The van der Waals surface area contributed by atoms with E-state index in [0.29, 0.717) is 29.4 Å². The zero-order chi connectivity index (χ0) is 26.4. The van der Waals surface area contributed by atoms with E-state index in [-0.39, 0.29) is 33.1 Å². The third kappa shape index (κ3) is 5.89. The summed E-state index contributed by atoms with van der Waals surface area (Å²) in [6.07, 6.45) is 1.66. The molecule has 0 aliphatic carbocycles. The largest absolute Gasteiger partial charge is 0.495 e. The average molecular weight is 533 g/mol. The molecule has 0 aliphatic heterocycles. The highest BCUT2D eigenvalue weighted by Gasteiger charge is 2.22. The van der Waals surface area contributed by atoms with Crippen LogP contribution in [-0.2, 0) is 4.79 Å². The van der Waals surface area contributed by atoms with E-state index in [1.165, 1.54) is 38.6 Å². The van der Waals surface area contributed by atoms with Crippen LogP contribution < -0.4 is 30.3 Å². The number of methoxy groups -OCH3 is 2. The van der Waals surface area contributed by atoms with Gasteiger partial charge in [-0.3, -0.25) is 9.69 Å². The Hall–Kier alpha value is -3.76. The van der Waals surface area contributed by atoms with Crippen molar-refractivity contribution in [3.05, 3.63) is 52.3 Å². The molecule has 0 saturated carbocycles. The van der Waals surface area contributed by atoms with E-state index in [9.17, 15) is 9.59 Å². The van der Waals surface area contributed by atoms with Crippen molar-refractivity contribution in [2.24, 2.45) is 0 Å². The van der Waals surface area contributed by atoms with Crippen molar-refractivity contribution in [2.75, 3.05) is 42.1 Å². The molecule has 0 bridgehead atoms. The quantitative estimate of drug-likeness (QED) is 0.332. The van der Waals surface area contributed by atoms with Crippen LogP contribution in [0.4, 0.5) is 33.5 Å². The Labute approximate surface area is 218 Å². The number of nitrogens with zero attached hydrogens (tertiary/aromatic N) is 3. The molecule has 36 heavy (non-hydrogen) atoms. The number of nitrogens with one attached hydrogen (secondary N) is 3. The van der Waals surface area contributed by atoms with Crippen molar-refractivity contribution >= 4 is 63.8 Å². The molecule has 3 rings (SSSR count). The highest BCUT2D eigenvalue weighted by atomic mass is 35.5. The van der Waals surface area contributed by atoms with Gasteiger partial charge in [-0.2, -0.15) is 0 Å². The molecule has 2 aromatic carbocycles. The summed E-state index contributed by atoms with van der Waals surface area (Å²) >= 11 is 12.7. The van der Waals surface area contributed by atoms with Crippen molar-refractivity contribution in [3.63, 3.8) is 0 Å².